The number of aromatic hydroxyl groups is 1. The average molecular weight is 290 g/mol. The van der Waals surface area contributed by atoms with Gasteiger partial charge in [-0.1, -0.05) is 18.2 Å². The number of phenols is 1. The second-order valence-electron chi connectivity index (χ2n) is 5.35. The van der Waals surface area contributed by atoms with E-state index in [1.165, 1.54) is 10.8 Å². The standard InChI is InChI=1S/C19H15NO2/c1-2-22-15-9-14-10-18-16-6-4-3-5-13(16)7-8-20(18)12-17(14)19(21)11-15/h3-12H,2H2,1H3/p+1. The topological polar surface area (TPSA) is 33.6 Å². The lowest BCUT2D eigenvalue weighted by atomic mass is 10.1. The molecule has 22 heavy (non-hydrogen) atoms. The summed E-state index contributed by atoms with van der Waals surface area (Å²) in [5.41, 5.74) is 1.11. The van der Waals surface area contributed by atoms with E-state index >= 15 is 0 Å². The van der Waals surface area contributed by atoms with Crippen LogP contribution in [0.1, 0.15) is 6.92 Å². The summed E-state index contributed by atoms with van der Waals surface area (Å²) < 4.78 is 7.57. The third-order valence-corrected chi connectivity index (χ3v) is 3.96. The van der Waals surface area contributed by atoms with Gasteiger partial charge in [-0.25, -0.2) is 0 Å². The number of fused-ring (bicyclic) bond motifs is 4. The van der Waals surface area contributed by atoms with Crippen LogP contribution < -0.4 is 9.14 Å². The number of nitrogens with zero attached hydrogens (tertiary/aromatic N) is 1. The number of ether oxygens (including phenoxy) is 1. The SMILES string of the molecule is CCOc1cc(O)c2c[n+]3ccc4ccccc4c3cc2c1. The fraction of sp³-hybridized carbons (Fsp3) is 0.105. The van der Waals surface area contributed by atoms with Gasteiger partial charge in [0.25, 0.3) is 0 Å². The Hall–Kier alpha value is -2.81. The molecule has 0 saturated heterocycles. The smallest absolute Gasteiger partial charge is 0.219 e. The van der Waals surface area contributed by atoms with Gasteiger partial charge in [0.15, 0.2) is 12.4 Å². The second-order valence-corrected chi connectivity index (χ2v) is 5.35. The van der Waals surface area contributed by atoms with Gasteiger partial charge in [0.2, 0.25) is 5.52 Å². The number of rotatable bonds is 2. The van der Waals surface area contributed by atoms with E-state index < -0.39 is 0 Å². The molecule has 4 aromatic rings. The minimum atomic E-state index is 0.239. The average Bonchev–Trinajstić information content (AvgIpc) is 2.54. The summed E-state index contributed by atoms with van der Waals surface area (Å²) >= 11 is 0. The molecule has 2 heterocycles. The Bertz CT molecular complexity index is 1010. The summed E-state index contributed by atoms with van der Waals surface area (Å²) in [7, 11) is 0. The van der Waals surface area contributed by atoms with Crippen LogP contribution in [0.2, 0.25) is 0 Å². The van der Waals surface area contributed by atoms with Crippen LogP contribution in [0.25, 0.3) is 27.1 Å². The van der Waals surface area contributed by atoms with Crippen molar-refractivity contribution in [3.63, 3.8) is 0 Å². The molecule has 3 nitrogen and oxygen atoms in total. The maximum Gasteiger partial charge on any atom is 0.219 e. The lowest BCUT2D eigenvalue weighted by Crippen LogP contribution is -2.20. The first-order valence-electron chi connectivity index (χ1n) is 7.38. The van der Waals surface area contributed by atoms with E-state index in [4.69, 9.17) is 4.74 Å². The van der Waals surface area contributed by atoms with Crippen molar-refractivity contribution in [1.29, 1.82) is 0 Å². The molecule has 108 valence electrons. The monoisotopic (exact) mass is 290 g/mol. The molecule has 0 spiro atoms. The molecule has 4 rings (SSSR count). The Labute approximate surface area is 128 Å². The van der Waals surface area contributed by atoms with E-state index in [0.29, 0.717) is 12.4 Å². The lowest BCUT2D eigenvalue weighted by Gasteiger charge is -2.07. The van der Waals surface area contributed by atoms with Crippen molar-refractivity contribution in [2.75, 3.05) is 6.61 Å². The summed E-state index contributed by atoms with van der Waals surface area (Å²) in [6, 6.07) is 16.1. The highest BCUT2D eigenvalue weighted by Gasteiger charge is 2.13. The number of pyridine rings is 2. The molecule has 2 aromatic heterocycles. The maximum atomic E-state index is 10.3. The number of benzene rings is 2. The molecule has 1 N–H and O–H groups in total. The third kappa shape index (κ3) is 1.94. The highest BCUT2D eigenvalue weighted by atomic mass is 16.5. The highest BCUT2D eigenvalue weighted by Crippen LogP contribution is 2.31. The van der Waals surface area contributed by atoms with Crippen molar-refractivity contribution >= 4 is 27.1 Å². The van der Waals surface area contributed by atoms with Crippen molar-refractivity contribution < 1.29 is 14.2 Å². The molecule has 0 atom stereocenters. The fourth-order valence-electron chi connectivity index (χ4n) is 2.95. The zero-order chi connectivity index (χ0) is 15.1. The largest absolute Gasteiger partial charge is 0.507 e. The van der Waals surface area contributed by atoms with Gasteiger partial charge in [0.1, 0.15) is 11.5 Å². The molecule has 3 heteroatoms. The third-order valence-electron chi connectivity index (χ3n) is 3.96. The predicted molar refractivity (Wildman–Crippen MR) is 87.4 cm³/mol. The quantitative estimate of drug-likeness (QED) is 0.346. The molecule has 0 amide bonds. The Balaban J connectivity index is 2.11. The van der Waals surface area contributed by atoms with Crippen molar-refractivity contribution in [3.8, 4) is 11.5 Å². The molecule has 0 fully saturated rings. The lowest BCUT2D eigenvalue weighted by molar-refractivity contribution is -0.509. The minimum Gasteiger partial charge on any atom is -0.507 e. The normalized spacial score (nSPS) is 11.3. The molecule has 0 bridgehead atoms. The molecule has 2 aromatic carbocycles. The van der Waals surface area contributed by atoms with Crippen LogP contribution >= 0.6 is 0 Å². The summed E-state index contributed by atoms with van der Waals surface area (Å²) in [5.74, 6) is 0.931. The molecular weight excluding hydrogens is 274 g/mol. The van der Waals surface area contributed by atoms with E-state index in [2.05, 4.69) is 24.3 Å². The van der Waals surface area contributed by atoms with Gasteiger partial charge in [-0.3, -0.25) is 0 Å². The van der Waals surface area contributed by atoms with Crippen LogP contribution in [-0.2, 0) is 0 Å². The zero-order valence-electron chi connectivity index (χ0n) is 12.3. The first kappa shape index (κ1) is 12.9. The summed E-state index contributed by atoms with van der Waals surface area (Å²) in [4.78, 5) is 0. The minimum absolute atomic E-state index is 0.239. The van der Waals surface area contributed by atoms with Gasteiger partial charge < -0.3 is 9.84 Å². The van der Waals surface area contributed by atoms with Gasteiger partial charge in [-0.15, -0.1) is 0 Å². The summed E-state index contributed by atoms with van der Waals surface area (Å²) in [6.45, 7) is 2.52. The number of aromatic nitrogens is 1. The highest BCUT2D eigenvalue weighted by molar-refractivity contribution is 5.98. The second kappa shape index (κ2) is 4.88. The Morgan fingerprint density at radius 2 is 1.86 bits per heavy atom. The van der Waals surface area contributed by atoms with E-state index in [1.54, 1.807) is 6.07 Å². The molecule has 0 unspecified atom stereocenters. The van der Waals surface area contributed by atoms with Gasteiger partial charge in [-0.2, -0.15) is 4.40 Å². The summed E-state index contributed by atoms with van der Waals surface area (Å²) in [6.07, 6.45) is 3.98. The van der Waals surface area contributed by atoms with Crippen LogP contribution in [0, 0.1) is 0 Å². The van der Waals surface area contributed by atoms with Crippen LogP contribution in [0.5, 0.6) is 11.5 Å². The number of hydrogen-bond acceptors (Lipinski definition) is 2. The molecule has 0 saturated carbocycles. The summed E-state index contributed by atoms with van der Waals surface area (Å²) in [5, 5.41) is 14.4. The van der Waals surface area contributed by atoms with Crippen molar-refractivity contribution in [1.82, 2.24) is 0 Å². The van der Waals surface area contributed by atoms with Crippen molar-refractivity contribution in [2.24, 2.45) is 0 Å². The van der Waals surface area contributed by atoms with E-state index in [0.717, 1.165) is 16.3 Å². The first-order valence-corrected chi connectivity index (χ1v) is 7.38. The van der Waals surface area contributed by atoms with Gasteiger partial charge in [0.05, 0.1) is 17.4 Å². The first-order chi connectivity index (χ1) is 10.8. The predicted octanol–water partition coefficient (Wildman–Crippen LogP) is 3.84. The number of hydrogen-bond donors (Lipinski definition) is 1. The van der Waals surface area contributed by atoms with Gasteiger partial charge in [0, 0.05) is 23.6 Å². The van der Waals surface area contributed by atoms with Crippen molar-refractivity contribution in [2.45, 2.75) is 6.92 Å². The molecule has 0 aliphatic heterocycles. The van der Waals surface area contributed by atoms with E-state index in [1.807, 2.05) is 41.9 Å². The fourth-order valence-corrected chi connectivity index (χ4v) is 2.95. The van der Waals surface area contributed by atoms with Crippen LogP contribution in [0.4, 0.5) is 0 Å². The van der Waals surface area contributed by atoms with Crippen molar-refractivity contribution in [3.05, 3.63) is 60.9 Å². The Kier molecular flexibility index (Phi) is 2.86. The molecular formula is C19H16NO2+. The number of phenolic OH excluding ortho intramolecular Hbond substituents is 1. The Morgan fingerprint density at radius 3 is 2.73 bits per heavy atom. The zero-order valence-corrected chi connectivity index (χ0v) is 12.3. The van der Waals surface area contributed by atoms with E-state index in [9.17, 15) is 5.11 Å². The van der Waals surface area contributed by atoms with Crippen LogP contribution in [0.3, 0.4) is 0 Å². The van der Waals surface area contributed by atoms with E-state index in [-0.39, 0.29) is 5.75 Å². The van der Waals surface area contributed by atoms with Crippen LogP contribution in [0.15, 0.2) is 60.9 Å². The molecule has 0 aliphatic rings. The van der Waals surface area contributed by atoms with Gasteiger partial charge in [-0.05, 0) is 24.4 Å². The molecule has 0 aliphatic carbocycles. The molecule has 0 radical (unpaired) electrons. The Morgan fingerprint density at radius 1 is 1.00 bits per heavy atom. The van der Waals surface area contributed by atoms with Crippen LogP contribution in [-0.4, -0.2) is 11.7 Å². The van der Waals surface area contributed by atoms with Gasteiger partial charge >= 0.3 is 0 Å². The maximum absolute atomic E-state index is 10.3.